The first-order valence-electron chi connectivity index (χ1n) is 3.52. The molecule has 0 aromatic rings. The molecule has 0 aromatic heterocycles. The van der Waals surface area contributed by atoms with Crippen LogP contribution in [0.2, 0.25) is 0 Å². The Hall–Kier alpha value is -0.220. The second-order valence-corrected chi connectivity index (χ2v) is 3.70. The van der Waals surface area contributed by atoms with E-state index in [4.69, 9.17) is 10.2 Å². The zero-order valence-electron chi connectivity index (χ0n) is 6.78. The molecule has 0 heterocycles. The third-order valence-corrected chi connectivity index (χ3v) is 2.60. The molecular formula is C7H14O3S. The van der Waals surface area contributed by atoms with E-state index in [-0.39, 0.29) is 12.0 Å². The van der Waals surface area contributed by atoms with Crippen LogP contribution in [0.4, 0.5) is 0 Å². The molecule has 0 aliphatic heterocycles. The van der Waals surface area contributed by atoms with Crippen LogP contribution in [0, 0.1) is 5.92 Å². The van der Waals surface area contributed by atoms with Gasteiger partial charge in [0.15, 0.2) is 0 Å². The molecule has 0 aliphatic carbocycles. The lowest BCUT2D eigenvalue weighted by Crippen LogP contribution is -2.13. The maximum Gasteiger partial charge on any atom is 0.307 e. The van der Waals surface area contributed by atoms with Gasteiger partial charge in [-0.3, -0.25) is 4.79 Å². The monoisotopic (exact) mass is 178 g/mol. The van der Waals surface area contributed by atoms with E-state index in [1.165, 1.54) is 11.8 Å². The fourth-order valence-corrected chi connectivity index (χ4v) is 1.46. The molecule has 0 spiro atoms. The molecule has 0 bridgehead atoms. The van der Waals surface area contributed by atoms with Gasteiger partial charge < -0.3 is 10.2 Å². The highest BCUT2D eigenvalue weighted by atomic mass is 32.2. The van der Waals surface area contributed by atoms with E-state index in [0.29, 0.717) is 11.5 Å². The van der Waals surface area contributed by atoms with E-state index in [0.717, 1.165) is 0 Å². The molecule has 0 aromatic carbocycles. The van der Waals surface area contributed by atoms with Crippen LogP contribution in [0.25, 0.3) is 0 Å². The van der Waals surface area contributed by atoms with Gasteiger partial charge >= 0.3 is 5.97 Å². The van der Waals surface area contributed by atoms with Crippen LogP contribution in [-0.4, -0.2) is 33.8 Å². The van der Waals surface area contributed by atoms with Crippen molar-refractivity contribution >= 4 is 17.7 Å². The molecule has 2 atom stereocenters. The quantitative estimate of drug-likeness (QED) is 0.654. The number of rotatable bonds is 5. The van der Waals surface area contributed by atoms with E-state index < -0.39 is 5.97 Å². The Labute approximate surface area is 70.8 Å². The van der Waals surface area contributed by atoms with Crippen LogP contribution >= 0.6 is 11.8 Å². The summed E-state index contributed by atoms with van der Waals surface area (Å²) in [7, 11) is 0. The zero-order valence-corrected chi connectivity index (χ0v) is 7.60. The lowest BCUT2D eigenvalue weighted by atomic mass is 10.2. The molecule has 11 heavy (non-hydrogen) atoms. The number of aliphatic carboxylic acids is 1. The Morgan fingerprint density at radius 3 is 2.36 bits per heavy atom. The second-order valence-electron chi connectivity index (χ2n) is 2.63. The predicted molar refractivity (Wildman–Crippen MR) is 45.8 cm³/mol. The Balaban J connectivity index is 3.31. The summed E-state index contributed by atoms with van der Waals surface area (Å²) >= 11 is 1.47. The average Bonchev–Trinajstić information content (AvgIpc) is 1.86. The van der Waals surface area contributed by atoms with Crippen molar-refractivity contribution in [3.05, 3.63) is 0 Å². The minimum absolute atomic E-state index is 0.321. The second kappa shape index (κ2) is 5.43. The van der Waals surface area contributed by atoms with Crippen LogP contribution in [0.3, 0.4) is 0 Å². The summed E-state index contributed by atoms with van der Waals surface area (Å²) in [6.45, 7) is 3.36. The Morgan fingerprint density at radius 2 is 2.00 bits per heavy atom. The summed E-state index contributed by atoms with van der Waals surface area (Å²) in [5.74, 6) is 0.0829. The van der Waals surface area contributed by atoms with Gasteiger partial charge in [0, 0.05) is 11.5 Å². The predicted octanol–water partition coefficient (Wildman–Crippen LogP) is 0.821. The van der Waals surface area contributed by atoms with Gasteiger partial charge in [0.05, 0.1) is 12.0 Å². The summed E-state index contributed by atoms with van der Waals surface area (Å²) in [4.78, 5) is 10.3. The maximum atomic E-state index is 10.3. The lowest BCUT2D eigenvalue weighted by molar-refractivity contribution is -0.140. The summed E-state index contributed by atoms with van der Waals surface area (Å²) in [5, 5.41) is 17.3. The number of carbonyl (C=O) groups is 1. The van der Waals surface area contributed by atoms with Gasteiger partial charge in [0.1, 0.15) is 0 Å². The fraction of sp³-hybridized carbons (Fsp3) is 0.857. The summed E-state index contributed by atoms with van der Waals surface area (Å²) < 4.78 is 0. The first kappa shape index (κ1) is 10.8. The van der Waals surface area contributed by atoms with Crippen molar-refractivity contribution in [1.29, 1.82) is 0 Å². The van der Waals surface area contributed by atoms with Gasteiger partial charge in [0.25, 0.3) is 0 Å². The van der Waals surface area contributed by atoms with E-state index in [2.05, 4.69) is 0 Å². The smallest absolute Gasteiger partial charge is 0.307 e. The lowest BCUT2D eigenvalue weighted by Gasteiger charge is -2.06. The maximum absolute atomic E-state index is 10.3. The fourth-order valence-electron chi connectivity index (χ4n) is 0.487. The van der Waals surface area contributed by atoms with Gasteiger partial charge in [0.2, 0.25) is 0 Å². The van der Waals surface area contributed by atoms with Crippen molar-refractivity contribution in [2.45, 2.75) is 20.0 Å². The number of aliphatic hydroxyl groups is 1. The van der Waals surface area contributed by atoms with Crippen molar-refractivity contribution in [3.8, 4) is 0 Å². The number of carboxylic acid groups (broad SMARTS) is 1. The Kier molecular flexibility index (Phi) is 5.32. The molecule has 0 amide bonds. The molecule has 0 rings (SSSR count). The third kappa shape index (κ3) is 6.19. The van der Waals surface area contributed by atoms with Gasteiger partial charge in [-0.2, -0.15) is 11.8 Å². The Bertz CT molecular complexity index is 125. The average molecular weight is 178 g/mol. The van der Waals surface area contributed by atoms with E-state index in [9.17, 15) is 4.79 Å². The van der Waals surface area contributed by atoms with Gasteiger partial charge in [-0.15, -0.1) is 0 Å². The Morgan fingerprint density at radius 1 is 1.45 bits per heavy atom. The minimum Gasteiger partial charge on any atom is -0.481 e. The highest BCUT2D eigenvalue weighted by molar-refractivity contribution is 7.99. The van der Waals surface area contributed by atoms with Crippen LogP contribution < -0.4 is 0 Å². The number of aliphatic hydroxyl groups excluding tert-OH is 1. The first-order chi connectivity index (χ1) is 5.04. The molecule has 4 heteroatoms. The van der Waals surface area contributed by atoms with Crippen molar-refractivity contribution in [2.75, 3.05) is 11.5 Å². The third-order valence-electron chi connectivity index (χ3n) is 1.15. The van der Waals surface area contributed by atoms with E-state index >= 15 is 0 Å². The molecule has 2 unspecified atom stereocenters. The number of hydrogen-bond donors (Lipinski definition) is 2. The molecule has 0 radical (unpaired) electrons. The van der Waals surface area contributed by atoms with Crippen molar-refractivity contribution in [3.63, 3.8) is 0 Å². The highest BCUT2D eigenvalue weighted by Gasteiger charge is 2.10. The van der Waals surface area contributed by atoms with Crippen LogP contribution in [-0.2, 0) is 4.79 Å². The van der Waals surface area contributed by atoms with Crippen LogP contribution in [0.15, 0.2) is 0 Å². The number of thioether (sulfide) groups is 1. The summed E-state index contributed by atoms with van der Waals surface area (Å²) in [6.07, 6.45) is -0.346. The van der Waals surface area contributed by atoms with Gasteiger partial charge in [-0.05, 0) is 6.92 Å². The van der Waals surface area contributed by atoms with Crippen LogP contribution in [0.5, 0.6) is 0 Å². The minimum atomic E-state index is -0.775. The van der Waals surface area contributed by atoms with Gasteiger partial charge in [-0.25, -0.2) is 0 Å². The largest absolute Gasteiger partial charge is 0.481 e. The first-order valence-corrected chi connectivity index (χ1v) is 4.68. The van der Waals surface area contributed by atoms with E-state index in [1.54, 1.807) is 13.8 Å². The molecule has 0 aliphatic rings. The molecule has 0 saturated carbocycles. The van der Waals surface area contributed by atoms with Crippen LogP contribution in [0.1, 0.15) is 13.8 Å². The standard InChI is InChI=1S/C7H14O3S/c1-5(7(9)10)3-11-4-6(2)8/h5-6,8H,3-4H2,1-2H3,(H,9,10). The van der Waals surface area contributed by atoms with Crippen molar-refractivity contribution in [1.82, 2.24) is 0 Å². The van der Waals surface area contributed by atoms with E-state index in [1.807, 2.05) is 0 Å². The molecule has 0 fully saturated rings. The normalized spacial score (nSPS) is 15.9. The molecule has 66 valence electrons. The summed E-state index contributed by atoms with van der Waals surface area (Å²) in [5.41, 5.74) is 0. The number of carboxylic acids is 1. The van der Waals surface area contributed by atoms with Gasteiger partial charge in [-0.1, -0.05) is 6.92 Å². The SMILES string of the molecule is CC(O)CSCC(C)C(=O)O. The van der Waals surface area contributed by atoms with Crippen molar-refractivity contribution < 1.29 is 15.0 Å². The molecular weight excluding hydrogens is 164 g/mol. The number of hydrogen-bond acceptors (Lipinski definition) is 3. The summed E-state index contributed by atoms with van der Waals surface area (Å²) in [6, 6.07) is 0. The van der Waals surface area contributed by atoms with Crippen molar-refractivity contribution in [2.24, 2.45) is 5.92 Å². The highest BCUT2D eigenvalue weighted by Crippen LogP contribution is 2.09. The molecule has 0 saturated heterocycles. The molecule has 2 N–H and O–H groups in total. The topological polar surface area (TPSA) is 57.5 Å². The molecule has 3 nitrogen and oxygen atoms in total. The zero-order chi connectivity index (χ0) is 8.85.